The average Bonchev–Trinajstić information content (AvgIpc) is 2.80. The molecule has 2 N–H and O–H groups in total. The van der Waals surface area contributed by atoms with Crippen molar-refractivity contribution in [1.29, 1.82) is 0 Å². The Hall–Kier alpha value is -1.35. The first-order valence-corrected chi connectivity index (χ1v) is 8.08. The number of H-pyrrole nitrogens is 1. The van der Waals surface area contributed by atoms with Crippen molar-refractivity contribution < 1.29 is 0 Å². The third kappa shape index (κ3) is 2.35. The zero-order chi connectivity index (χ0) is 13.4. The van der Waals surface area contributed by atoms with Gasteiger partial charge in [0.15, 0.2) is 0 Å². The van der Waals surface area contributed by atoms with Crippen molar-refractivity contribution in [2.24, 2.45) is 5.92 Å². The Morgan fingerprint density at radius 2 is 1.95 bits per heavy atom. The van der Waals surface area contributed by atoms with Crippen molar-refractivity contribution in [1.82, 2.24) is 15.3 Å². The minimum Gasteiger partial charge on any atom is -0.342 e. The van der Waals surface area contributed by atoms with Crippen LogP contribution in [0.1, 0.15) is 49.4 Å². The second-order valence-electron chi connectivity index (χ2n) is 6.50. The number of hydrogen-bond donors (Lipinski definition) is 2. The van der Waals surface area contributed by atoms with E-state index < -0.39 is 0 Å². The number of piperidine rings is 1. The van der Waals surface area contributed by atoms with Crippen molar-refractivity contribution in [2.75, 3.05) is 13.1 Å². The molecule has 0 unspecified atom stereocenters. The summed E-state index contributed by atoms with van der Waals surface area (Å²) >= 11 is 0. The average molecular weight is 269 g/mol. The lowest BCUT2D eigenvalue weighted by molar-refractivity contribution is 0.373. The van der Waals surface area contributed by atoms with Gasteiger partial charge in [0.2, 0.25) is 0 Å². The first-order valence-electron chi connectivity index (χ1n) is 8.08. The normalized spacial score (nSPS) is 21.2. The Balaban J connectivity index is 1.54. The molecule has 2 heterocycles. The molecule has 1 aliphatic heterocycles. The van der Waals surface area contributed by atoms with Gasteiger partial charge in [-0.1, -0.05) is 12.5 Å². The molecule has 4 rings (SSSR count). The zero-order valence-corrected chi connectivity index (χ0v) is 12.0. The van der Waals surface area contributed by atoms with Crippen LogP contribution in [-0.4, -0.2) is 23.1 Å². The van der Waals surface area contributed by atoms with Crippen LogP contribution in [0.5, 0.6) is 0 Å². The van der Waals surface area contributed by atoms with E-state index in [1.165, 1.54) is 68.5 Å². The molecule has 2 fully saturated rings. The number of benzene rings is 1. The molecule has 1 aromatic heterocycles. The maximum Gasteiger partial charge on any atom is 0.110 e. The molecular weight excluding hydrogens is 246 g/mol. The van der Waals surface area contributed by atoms with Gasteiger partial charge in [0.1, 0.15) is 5.82 Å². The molecule has 3 nitrogen and oxygen atoms in total. The van der Waals surface area contributed by atoms with Crippen molar-refractivity contribution >= 4 is 11.0 Å². The maximum atomic E-state index is 4.76. The molecule has 1 aliphatic carbocycles. The van der Waals surface area contributed by atoms with Gasteiger partial charge >= 0.3 is 0 Å². The Kier molecular flexibility index (Phi) is 3.23. The topological polar surface area (TPSA) is 40.7 Å². The van der Waals surface area contributed by atoms with Gasteiger partial charge in [-0.15, -0.1) is 0 Å². The number of aromatic amines is 1. The molecular formula is C17H23N3. The number of nitrogens with zero attached hydrogens (tertiary/aromatic N) is 1. The Bertz CT molecular complexity index is 591. The minimum absolute atomic E-state index is 0.690. The van der Waals surface area contributed by atoms with Crippen LogP contribution in [0.4, 0.5) is 0 Å². The van der Waals surface area contributed by atoms with E-state index in [0.29, 0.717) is 5.92 Å². The van der Waals surface area contributed by atoms with E-state index in [-0.39, 0.29) is 0 Å². The van der Waals surface area contributed by atoms with E-state index in [0.717, 1.165) is 11.4 Å². The molecule has 0 radical (unpaired) electrons. The number of nitrogens with one attached hydrogen (secondary N) is 2. The zero-order valence-electron chi connectivity index (χ0n) is 12.0. The number of imidazole rings is 1. The molecule has 20 heavy (non-hydrogen) atoms. The van der Waals surface area contributed by atoms with Crippen LogP contribution >= 0.6 is 0 Å². The van der Waals surface area contributed by atoms with Gasteiger partial charge in [0.05, 0.1) is 11.0 Å². The number of rotatable bonds is 3. The second kappa shape index (κ2) is 5.21. The molecule has 2 aromatic rings. The summed E-state index contributed by atoms with van der Waals surface area (Å²) in [5.41, 5.74) is 3.84. The highest BCUT2D eigenvalue weighted by Crippen LogP contribution is 2.35. The Morgan fingerprint density at radius 3 is 2.70 bits per heavy atom. The van der Waals surface area contributed by atoms with Gasteiger partial charge in [-0.05, 0) is 68.8 Å². The van der Waals surface area contributed by atoms with E-state index in [1.54, 1.807) is 0 Å². The fourth-order valence-corrected chi connectivity index (χ4v) is 3.50. The standard InChI is InChI=1S/C17H23N3/c1-2-14(3-1)17-19-15-5-4-13(11-16(15)20-17)10-12-6-8-18-9-7-12/h4-5,11-12,14,18H,1-3,6-10H2,(H,19,20). The summed E-state index contributed by atoms with van der Waals surface area (Å²) in [6, 6.07) is 6.80. The van der Waals surface area contributed by atoms with E-state index in [2.05, 4.69) is 28.5 Å². The van der Waals surface area contributed by atoms with E-state index in [1.807, 2.05) is 0 Å². The van der Waals surface area contributed by atoms with Gasteiger partial charge in [-0.2, -0.15) is 0 Å². The predicted octanol–water partition coefficient (Wildman–Crippen LogP) is 3.37. The molecule has 2 aliphatic rings. The Labute approximate surface area is 120 Å². The molecule has 3 heteroatoms. The smallest absolute Gasteiger partial charge is 0.110 e. The predicted molar refractivity (Wildman–Crippen MR) is 82.0 cm³/mol. The molecule has 0 spiro atoms. The number of aromatic nitrogens is 2. The molecule has 0 atom stereocenters. The molecule has 1 saturated heterocycles. The summed E-state index contributed by atoms with van der Waals surface area (Å²) in [6.45, 7) is 2.37. The third-order valence-electron chi connectivity index (χ3n) is 5.04. The van der Waals surface area contributed by atoms with Crippen molar-refractivity contribution in [3.05, 3.63) is 29.6 Å². The van der Waals surface area contributed by atoms with Gasteiger partial charge in [0, 0.05) is 5.92 Å². The van der Waals surface area contributed by atoms with Crippen LogP contribution in [0.3, 0.4) is 0 Å². The fourth-order valence-electron chi connectivity index (χ4n) is 3.50. The van der Waals surface area contributed by atoms with Crippen LogP contribution in [0.2, 0.25) is 0 Å². The van der Waals surface area contributed by atoms with E-state index in [9.17, 15) is 0 Å². The Morgan fingerprint density at radius 1 is 1.10 bits per heavy atom. The quantitative estimate of drug-likeness (QED) is 0.897. The maximum absolute atomic E-state index is 4.76. The summed E-state index contributed by atoms with van der Waals surface area (Å²) in [4.78, 5) is 8.31. The number of fused-ring (bicyclic) bond motifs is 1. The lowest BCUT2D eigenvalue weighted by Gasteiger charge is -2.22. The third-order valence-corrected chi connectivity index (χ3v) is 5.04. The summed E-state index contributed by atoms with van der Waals surface area (Å²) < 4.78 is 0. The molecule has 1 aromatic carbocycles. The van der Waals surface area contributed by atoms with Crippen LogP contribution in [0.15, 0.2) is 18.2 Å². The highest BCUT2D eigenvalue weighted by molar-refractivity contribution is 5.76. The molecule has 0 bridgehead atoms. The summed E-state index contributed by atoms with van der Waals surface area (Å²) in [7, 11) is 0. The van der Waals surface area contributed by atoms with Crippen molar-refractivity contribution in [2.45, 2.75) is 44.4 Å². The second-order valence-corrected chi connectivity index (χ2v) is 6.50. The van der Waals surface area contributed by atoms with E-state index in [4.69, 9.17) is 4.98 Å². The van der Waals surface area contributed by atoms with Crippen molar-refractivity contribution in [3.8, 4) is 0 Å². The SMILES string of the molecule is c1cc2nc(C3CCC3)[nH]c2cc1CC1CCNCC1. The lowest BCUT2D eigenvalue weighted by Crippen LogP contribution is -2.28. The van der Waals surface area contributed by atoms with E-state index >= 15 is 0 Å². The van der Waals surface area contributed by atoms with Crippen molar-refractivity contribution in [3.63, 3.8) is 0 Å². The van der Waals surface area contributed by atoms with Crippen LogP contribution in [0, 0.1) is 5.92 Å². The first-order chi connectivity index (χ1) is 9.88. The first kappa shape index (κ1) is 12.4. The number of hydrogen-bond acceptors (Lipinski definition) is 2. The summed E-state index contributed by atoms with van der Waals surface area (Å²) in [6.07, 6.45) is 7.82. The van der Waals surface area contributed by atoms with Gasteiger partial charge < -0.3 is 10.3 Å². The molecule has 106 valence electrons. The monoisotopic (exact) mass is 269 g/mol. The van der Waals surface area contributed by atoms with Gasteiger partial charge in [-0.3, -0.25) is 0 Å². The van der Waals surface area contributed by atoms with Crippen LogP contribution in [0.25, 0.3) is 11.0 Å². The summed E-state index contributed by atoms with van der Waals surface area (Å²) in [5, 5.41) is 3.44. The van der Waals surface area contributed by atoms with Gasteiger partial charge in [0.25, 0.3) is 0 Å². The summed E-state index contributed by atoms with van der Waals surface area (Å²) in [5.74, 6) is 2.75. The lowest BCUT2D eigenvalue weighted by atomic mass is 9.85. The molecule has 1 saturated carbocycles. The van der Waals surface area contributed by atoms with Gasteiger partial charge in [-0.25, -0.2) is 4.98 Å². The largest absolute Gasteiger partial charge is 0.342 e. The molecule has 0 amide bonds. The van der Waals surface area contributed by atoms with Crippen LogP contribution < -0.4 is 5.32 Å². The highest BCUT2D eigenvalue weighted by atomic mass is 14.9. The highest BCUT2D eigenvalue weighted by Gasteiger charge is 2.22. The van der Waals surface area contributed by atoms with Crippen LogP contribution in [-0.2, 0) is 6.42 Å². The minimum atomic E-state index is 0.690. The fraction of sp³-hybridized carbons (Fsp3) is 0.588.